The monoisotopic (exact) mass is 280 g/mol. The van der Waals surface area contributed by atoms with E-state index in [0.29, 0.717) is 12.1 Å². The van der Waals surface area contributed by atoms with Gasteiger partial charge in [0.2, 0.25) is 0 Å². The van der Waals surface area contributed by atoms with Crippen molar-refractivity contribution in [1.29, 1.82) is 0 Å². The van der Waals surface area contributed by atoms with Crippen molar-refractivity contribution in [3.8, 4) is 0 Å². The Balaban J connectivity index is 1.87. The molecule has 0 amide bonds. The lowest BCUT2D eigenvalue weighted by Crippen LogP contribution is -2.44. The fourth-order valence-electron chi connectivity index (χ4n) is 2.62. The van der Waals surface area contributed by atoms with Crippen LogP contribution in [0.3, 0.4) is 0 Å². The molecule has 2 rings (SSSR count). The van der Waals surface area contributed by atoms with Gasteiger partial charge in [-0.2, -0.15) is 0 Å². The molecule has 1 atom stereocenters. The molecule has 0 bridgehead atoms. The summed E-state index contributed by atoms with van der Waals surface area (Å²) in [5.41, 5.74) is 6.29. The predicted octanol–water partition coefficient (Wildman–Crippen LogP) is 1.04. The van der Waals surface area contributed by atoms with E-state index in [4.69, 9.17) is 10.8 Å². The largest absolute Gasteiger partial charge is 0.395 e. The van der Waals surface area contributed by atoms with Gasteiger partial charge in [0.15, 0.2) is 5.78 Å². The Morgan fingerprint density at radius 1 is 1.35 bits per heavy atom. The molecule has 0 unspecified atom stereocenters. The Hall–Kier alpha value is -1.30. The first-order valence-electron chi connectivity index (χ1n) is 6.98. The first-order valence-corrected chi connectivity index (χ1v) is 6.98. The van der Waals surface area contributed by atoms with E-state index in [0.717, 1.165) is 25.9 Å². The molecule has 1 aliphatic heterocycles. The van der Waals surface area contributed by atoms with Crippen molar-refractivity contribution in [2.45, 2.75) is 18.9 Å². The zero-order chi connectivity index (χ0) is 14.5. The number of carbonyl (C=O) groups is 1. The molecule has 1 aliphatic rings. The number of halogens is 1. The second-order valence-corrected chi connectivity index (χ2v) is 5.39. The van der Waals surface area contributed by atoms with E-state index in [2.05, 4.69) is 4.90 Å². The first-order chi connectivity index (χ1) is 9.60. The van der Waals surface area contributed by atoms with Crippen LogP contribution in [0.15, 0.2) is 24.3 Å². The maximum absolute atomic E-state index is 12.8. The summed E-state index contributed by atoms with van der Waals surface area (Å²) in [6.45, 7) is 2.26. The number of ketones is 1. The van der Waals surface area contributed by atoms with Crippen molar-refractivity contribution in [3.63, 3.8) is 0 Å². The van der Waals surface area contributed by atoms with Crippen LogP contribution in [-0.2, 0) is 0 Å². The Morgan fingerprint density at radius 2 is 1.95 bits per heavy atom. The summed E-state index contributed by atoms with van der Waals surface area (Å²) in [7, 11) is 0. The quantitative estimate of drug-likeness (QED) is 0.791. The molecular weight excluding hydrogens is 259 g/mol. The van der Waals surface area contributed by atoms with Crippen molar-refractivity contribution in [2.24, 2.45) is 11.7 Å². The summed E-state index contributed by atoms with van der Waals surface area (Å²) in [6.07, 6.45) is 1.57. The van der Waals surface area contributed by atoms with Gasteiger partial charge in [-0.05, 0) is 50.2 Å². The molecule has 0 radical (unpaired) electrons. The van der Waals surface area contributed by atoms with Gasteiger partial charge in [-0.1, -0.05) is 0 Å². The van der Waals surface area contributed by atoms with Crippen LogP contribution in [0.2, 0.25) is 0 Å². The average Bonchev–Trinajstić information content (AvgIpc) is 2.48. The second kappa shape index (κ2) is 6.92. The Labute approximate surface area is 118 Å². The molecule has 1 heterocycles. The van der Waals surface area contributed by atoms with Crippen LogP contribution in [0, 0.1) is 11.7 Å². The Bertz CT molecular complexity index is 442. The maximum atomic E-state index is 12.8. The molecular formula is C15H21FN2O2. The highest BCUT2D eigenvalue weighted by Crippen LogP contribution is 2.22. The lowest BCUT2D eigenvalue weighted by Gasteiger charge is -2.32. The van der Waals surface area contributed by atoms with E-state index < -0.39 is 0 Å². The first kappa shape index (κ1) is 15.1. The van der Waals surface area contributed by atoms with Crippen molar-refractivity contribution in [3.05, 3.63) is 35.6 Å². The van der Waals surface area contributed by atoms with Crippen molar-refractivity contribution < 1.29 is 14.3 Å². The number of nitrogens with zero attached hydrogens (tertiary/aromatic N) is 1. The molecule has 1 saturated heterocycles. The highest BCUT2D eigenvalue weighted by atomic mass is 19.1. The molecule has 3 N–H and O–H groups in total. The molecule has 0 aromatic heterocycles. The maximum Gasteiger partial charge on any atom is 0.166 e. The molecule has 0 saturated carbocycles. The fourth-order valence-corrected chi connectivity index (χ4v) is 2.62. The van der Waals surface area contributed by atoms with Gasteiger partial charge < -0.3 is 15.7 Å². The Morgan fingerprint density at radius 3 is 2.50 bits per heavy atom. The number of aliphatic hydroxyl groups excluding tert-OH is 1. The van der Waals surface area contributed by atoms with Crippen LogP contribution >= 0.6 is 0 Å². The van der Waals surface area contributed by atoms with Crippen molar-refractivity contribution in [1.82, 2.24) is 4.90 Å². The molecule has 20 heavy (non-hydrogen) atoms. The number of hydrogen-bond donors (Lipinski definition) is 2. The molecule has 5 heteroatoms. The Kier molecular flexibility index (Phi) is 5.23. The lowest BCUT2D eigenvalue weighted by molar-refractivity contribution is 0.0827. The smallest absolute Gasteiger partial charge is 0.166 e. The van der Waals surface area contributed by atoms with Crippen LogP contribution in [0.5, 0.6) is 0 Å². The number of piperidine rings is 1. The molecule has 0 aliphatic carbocycles. The molecule has 1 aromatic carbocycles. The van der Waals surface area contributed by atoms with Gasteiger partial charge in [0.05, 0.1) is 6.61 Å². The highest BCUT2D eigenvalue weighted by Gasteiger charge is 2.26. The number of likely N-dealkylation sites (tertiary alicyclic amines) is 1. The minimum absolute atomic E-state index is 0.00191. The van der Waals surface area contributed by atoms with Crippen LogP contribution in [0.4, 0.5) is 4.39 Å². The zero-order valence-corrected chi connectivity index (χ0v) is 11.5. The van der Waals surface area contributed by atoms with E-state index in [9.17, 15) is 9.18 Å². The van der Waals surface area contributed by atoms with E-state index in [1.54, 1.807) is 12.1 Å². The van der Waals surface area contributed by atoms with Gasteiger partial charge in [0.1, 0.15) is 5.82 Å². The molecule has 110 valence electrons. The summed E-state index contributed by atoms with van der Waals surface area (Å²) in [5.74, 6) is -0.229. The number of Topliss-reactive ketones (excluding diaryl/α,β-unsaturated/α-hetero) is 1. The number of aliphatic hydroxyl groups is 1. The summed E-state index contributed by atoms with van der Waals surface area (Å²) in [6, 6.07) is 5.52. The second-order valence-electron chi connectivity index (χ2n) is 5.39. The van der Waals surface area contributed by atoms with E-state index in [-0.39, 0.29) is 30.2 Å². The van der Waals surface area contributed by atoms with Gasteiger partial charge in [-0.25, -0.2) is 4.39 Å². The van der Waals surface area contributed by atoms with Crippen molar-refractivity contribution in [2.75, 3.05) is 26.2 Å². The van der Waals surface area contributed by atoms with E-state index in [1.165, 1.54) is 12.1 Å². The summed E-state index contributed by atoms with van der Waals surface area (Å²) >= 11 is 0. The van der Waals surface area contributed by atoms with Gasteiger partial charge in [0.25, 0.3) is 0 Å². The number of hydrogen-bond acceptors (Lipinski definition) is 4. The van der Waals surface area contributed by atoms with Crippen molar-refractivity contribution >= 4 is 5.78 Å². The van der Waals surface area contributed by atoms with Crippen LogP contribution in [0.1, 0.15) is 23.2 Å². The fraction of sp³-hybridized carbons (Fsp3) is 0.533. The minimum atomic E-state index is -0.325. The van der Waals surface area contributed by atoms with Gasteiger partial charge >= 0.3 is 0 Å². The SMILES string of the molecule is N[C@H](CO)CN1CCC(C(=O)c2ccc(F)cc2)CC1. The van der Waals surface area contributed by atoms with Gasteiger partial charge in [-0.15, -0.1) is 0 Å². The normalized spacial score (nSPS) is 18.9. The number of rotatable bonds is 5. The third-order valence-corrected chi connectivity index (χ3v) is 3.81. The third-order valence-electron chi connectivity index (χ3n) is 3.81. The number of nitrogens with two attached hydrogens (primary N) is 1. The minimum Gasteiger partial charge on any atom is -0.395 e. The van der Waals surface area contributed by atoms with Crippen LogP contribution in [0.25, 0.3) is 0 Å². The number of carbonyl (C=O) groups excluding carboxylic acids is 1. The van der Waals surface area contributed by atoms with Crippen LogP contribution < -0.4 is 5.73 Å². The summed E-state index contributed by atoms with van der Waals surface area (Å²) in [5, 5.41) is 8.94. The highest BCUT2D eigenvalue weighted by molar-refractivity contribution is 5.97. The summed E-state index contributed by atoms with van der Waals surface area (Å²) in [4.78, 5) is 14.5. The standard InChI is InChI=1S/C15H21FN2O2/c16-13-3-1-11(2-4-13)15(20)12-5-7-18(8-6-12)9-14(17)10-19/h1-4,12,14,19H,5-10,17H2/t14-/m0/s1. The van der Waals surface area contributed by atoms with Gasteiger partial charge in [0, 0.05) is 24.1 Å². The topological polar surface area (TPSA) is 66.6 Å². The summed E-state index contributed by atoms with van der Waals surface area (Å²) < 4.78 is 12.8. The zero-order valence-electron chi connectivity index (χ0n) is 11.5. The third kappa shape index (κ3) is 3.85. The molecule has 0 spiro atoms. The molecule has 4 nitrogen and oxygen atoms in total. The molecule has 1 fully saturated rings. The van der Waals surface area contributed by atoms with Crippen LogP contribution in [-0.4, -0.2) is 48.1 Å². The predicted molar refractivity (Wildman–Crippen MR) is 75.0 cm³/mol. The lowest BCUT2D eigenvalue weighted by atomic mass is 9.89. The average molecular weight is 280 g/mol. The van der Waals surface area contributed by atoms with Gasteiger partial charge in [-0.3, -0.25) is 4.79 Å². The number of benzene rings is 1. The molecule has 1 aromatic rings. The van der Waals surface area contributed by atoms with E-state index in [1.807, 2.05) is 0 Å². The van der Waals surface area contributed by atoms with E-state index >= 15 is 0 Å².